The van der Waals surface area contributed by atoms with Gasteiger partial charge in [-0.3, -0.25) is 9.59 Å². The molecule has 1 aromatic heterocycles. The molecular formula is C30H39N3O4. The number of rotatable bonds is 11. The normalized spacial score (nSPS) is 17.1. The number of methoxy groups -OCH3 is 1. The van der Waals surface area contributed by atoms with Crippen molar-refractivity contribution in [2.45, 2.75) is 39.7 Å². The molecule has 2 heterocycles. The van der Waals surface area contributed by atoms with E-state index in [2.05, 4.69) is 16.9 Å². The Hall–Kier alpha value is -3.84. The molecule has 1 aliphatic rings. The van der Waals surface area contributed by atoms with Crippen LogP contribution in [0.1, 0.15) is 66.7 Å². The second-order valence-electron chi connectivity index (χ2n) is 8.10. The van der Waals surface area contributed by atoms with Gasteiger partial charge in [0.25, 0.3) is 5.91 Å². The molecule has 0 saturated carbocycles. The van der Waals surface area contributed by atoms with Gasteiger partial charge in [0.1, 0.15) is 5.76 Å². The van der Waals surface area contributed by atoms with Gasteiger partial charge >= 0.3 is 0 Å². The van der Waals surface area contributed by atoms with Crippen molar-refractivity contribution in [2.75, 3.05) is 26.8 Å². The highest BCUT2D eigenvalue weighted by molar-refractivity contribution is 6.01. The molecule has 7 heteroatoms. The molecule has 0 spiro atoms. The highest BCUT2D eigenvalue weighted by atomic mass is 16.5. The third kappa shape index (κ3) is 7.33. The second kappa shape index (κ2) is 15.3. The molecular weight excluding hydrogens is 466 g/mol. The van der Waals surface area contributed by atoms with E-state index in [9.17, 15) is 9.59 Å². The van der Waals surface area contributed by atoms with Crippen LogP contribution >= 0.6 is 0 Å². The summed E-state index contributed by atoms with van der Waals surface area (Å²) in [4.78, 5) is 32.2. The number of carbonyl (C=O) groups excluding carboxylic acids is 2. The van der Waals surface area contributed by atoms with Crippen LogP contribution in [0.15, 0.2) is 79.6 Å². The Kier molecular flexibility index (Phi) is 12.2. The lowest BCUT2D eigenvalue weighted by atomic mass is 9.78. The van der Waals surface area contributed by atoms with E-state index in [1.54, 1.807) is 24.2 Å². The first-order valence-electron chi connectivity index (χ1n) is 12.6. The number of allylic oxidation sites excluding steroid dienone is 4. The molecule has 7 nitrogen and oxygen atoms in total. The predicted molar refractivity (Wildman–Crippen MR) is 149 cm³/mol. The predicted octanol–water partition coefficient (Wildman–Crippen LogP) is 5.74. The first kappa shape index (κ1) is 29.4. The van der Waals surface area contributed by atoms with Crippen LogP contribution in [0, 0.1) is 0 Å². The van der Waals surface area contributed by atoms with Crippen LogP contribution in [0.25, 0.3) is 6.08 Å². The first-order valence-corrected chi connectivity index (χ1v) is 12.6. The number of hydrogen-bond acceptors (Lipinski definition) is 4. The van der Waals surface area contributed by atoms with Gasteiger partial charge in [-0.25, -0.2) is 0 Å². The van der Waals surface area contributed by atoms with Crippen LogP contribution in [0.2, 0.25) is 0 Å². The molecule has 0 fully saturated rings. The van der Waals surface area contributed by atoms with E-state index >= 15 is 0 Å². The molecule has 1 aromatic carbocycles. The first-order chi connectivity index (χ1) is 18.0. The summed E-state index contributed by atoms with van der Waals surface area (Å²) in [5.74, 6) is -0.565. The average Bonchev–Trinajstić information content (AvgIpc) is 3.39. The minimum Gasteiger partial charge on any atom is -0.468 e. The molecule has 1 aliphatic heterocycles. The molecule has 2 amide bonds. The van der Waals surface area contributed by atoms with Crippen LogP contribution in [0.3, 0.4) is 0 Å². The van der Waals surface area contributed by atoms with Crippen LogP contribution < -0.4 is 5.32 Å². The quantitative estimate of drug-likeness (QED) is 0.301. The highest BCUT2D eigenvalue weighted by Gasteiger charge is 2.44. The number of carbonyl (C=O) groups is 2. The largest absolute Gasteiger partial charge is 0.468 e. The van der Waals surface area contributed by atoms with Crippen molar-refractivity contribution in [3.8, 4) is 0 Å². The number of aromatic nitrogens is 1. The highest BCUT2D eigenvalue weighted by Crippen LogP contribution is 2.44. The summed E-state index contributed by atoms with van der Waals surface area (Å²) in [6.45, 7) is 12.5. The van der Waals surface area contributed by atoms with Crippen molar-refractivity contribution in [3.63, 3.8) is 0 Å². The van der Waals surface area contributed by atoms with Gasteiger partial charge in [0.2, 0.25) is 5.91 Å². The number of H-pyrrole nitrogens is 1. The van der Waals surface area contributed by atoms with E-state index in [4.69, 9.17) is 9.47 Å². The van der Waals surface area contributed by atoms with Gasteiger partial charge in [-0.1, -0.05) is 69.0 Å². The van der Waals surface area contributed by atoms with Crippen molar-refractivity contribution in [3.05, 3.63) is 102 Å². The van der Waals surface area contributed by atoms with Gasteiger partial charge in [-0.15, -0.1) is 0 Å². The van der Waals surface area contributed by atoms with E-state index in [0.29, 0.717) is 30.0 Å². The van der Waals surface area contributed by atoms with Gasteiger partial charge < -0.3 is 24.7 Å². The molecule has 2 atom stereocenters. The molecule has 0 bridgehead atoms. The lowest BCUT2D eigenvalue weighted by Crippen LogP contribution is -2.48. The molecule has 37 heavy (non-hydrogen) atoms. The van der Waals surface area contributed by atoms with Crippen molar-refractivity contribution >= 4 is 17.9 Å². The van der Waals surface area contributed by atoms with Gasteiger partial charge in [-0.2, -0.15) is 0 Å². The maximum Gasteiger partial charge on any atom is 0.254 e. The van der Waals surface area contributed by atoms with Gasteiger partial charge in [0.15, 0.2) is 0 Å². The molecule has 0 saturated heterocycles. The third-order valence-electron chi connectivity index (χ3n) is 5.80. The van der Waals surface area contributed by atoms with E-state index in [-0.39, 0.29) is 18.4 Å². The molecule has 198 valence electrons. The van der Waals surface area contributed by atoms with Crippen LogP contribution in [0.4, 0.5) is 0 Å². The average molecular weight is 506 g/mol. The van der Waals surface area contributed by atoms with Crippen LogP contribution in [0.5, 0.6) is 0 Å². The molecule has 0 aliphatic carbocycles. The number of ether oxygens (including phenoxy) is 2. The Labute approximate surface area is 220 Å². The number of fused-ring (bicyclic) bond motifs is 1. The minimum atomic E-state index is -0.639. The van der Waals surface area contributed by atoms with Crippen molar-refractivity contribution in [1.29, 1.82) is 0 Å². The minimum absolute atomic E-state index is 0.128. The van der Waals surface area contributed by atoms with E-state index in [1.807, 2.05) is 82.6 Å². The van der Waals surface area contributed by atoms with Gasteiger partial charge in [-0.05, 0) is 31.0 Å². The Balaban J connectivity index is 0.00000235. The number of nitrogens with zero attached hydrogens (tertiary/aromatic N) is 1. The van der Waals surface area contributed by atoms with Gasteiger partial charge in [0.05, 0.1) is 31.4 Å². The maximum absolute atomic E-state index is 13.7. The zero-order valence-corrected chi connectivity index (χ0v) is 22.5. The Morgan fingerprint density at radius 3 is 2.59 bits per heavy atom. The molecule has 3 rings (SSSR count). The molecule has 2 unspecified atom stereocenters. The molecule has 2 aromatic rings. The number of nitrogens with one attached hydrogen (secondary N) is 2. The SMILES string of the molecule is C=C(CNC(=O)C1c2ccccc2C(=O)N(CCOC)C1c1c[nH]cc1/C=C\C=C/C)O/C=C\C.CC. The smallest absolute Gasteiger partial charge is 0.254 e. The Morgan fingerprint density at radius 2 is 1.89 bits per heavy atom. The maximum atomic E-state index is 13.7. The Morgan fingerprint density at radius 1 is 1.14 bits per heavy atom. The number of amides is 2. The topological polar surface area (TPSA) is 83.7 Å². The standard InChI is InChI=1S/C28H33N3O4.C2H6/c1-5-7-8-11-21-18-29-19-24(21)26-25(27(32)30-17-20(3)35-15-6-2)22-12-9-10-13-23(22)28(33)31(26)14-16-34-4;1-2/h5-13,15,18-19,25-26,29H,3,14,16-17H2,1-2,4H3,(H,30,32);1-2H3/b7-5-,11-8-,15-6-;. The zero-order valence-electron chi connectivity index (χ0n) is 22.5. The second-order valence-corrected chi connectivity index (χ2v) is 8.10. The number of aromatic amines is 1. The van der Waals surface area contributed by atoms with E-state index < -0.39 is 12.0 Å². The van der Waals surface area contributed by atoms with Crippen LogP contribution in [-0.4, -0.2) is 48.5 Å². The Bertz CT molecular complexity index is 1130. The monoisotopic (exact) mass is 505 g/mol. The van der Waals surface area contributed by atoms with E-state index in [0.717, 1.165) is 11.1 Å². The van der Waals surface area contributed by atoms with E-state index in [1.165, 1.54) is 6.26 Å². The fourth-order valence-corrected chi connectivity index (χ4v) is 4.22. The lowest BCUT2D eigenvalue weighted by molar-refractivity contribution is -0.124. The molecule has 2 N–H and O–H groups in total. The number of benzene rings is 1. The molecule has 0 radical (unpaired) electrons. The summed E-state index contributed by atoms with van der Waals surface area (Å²) in [5, 5.41) is 2.95. The fraction of sp³-hybridized carbons (Fsp3) is 0.333. The van der Waals surface area contributed by atoms with Crippen molar-refractivity contribution < 1.29 is 19.1 Å². The summed E-state index contributed by atoms with van der Waals surface area (Å²) < 4.78 is 10.7. The third-order valence-corrected chi connectivity index (χ3v) is 5.80. The summed E-state index contributed by atoms with van der Waals surface area (Å²) in [6.07, 6.45) is 14.8. The number of hydrogen-bond donors (Lipinski definition) is 2. The van der Waals surface area contributed by atoms with Crippen molar-refractivity contribution in [2.24, 2.45) is 0 Å². The summed E-state index contributed by atoms with van der Waals surface area (Å²) in [7, 11) is 1.60. The summed E-state index contributed by atoms with van der Waals surface area (Å²) in [6, 6.07) is 6.76. The van der Waals surface area contributed by atoms with Crippen LogP contribution in [-0.2, 0) is 14.3 Å². The zero-order chi connectivity index (χ0) is 27.2. The summed E-state index contributed by atoms with van der Waals surface area (Å²) in [5.41, 5.74) is 2.97. The summed E-state index contributed by atoms with van der Waals surface area (Å²) >= 11 is 0. The fourth-order valence-electron chi connectivity index (χ4n) is 4.22. The van der Waals surface area contributed by atoms with Gasteiger partial charge in [0, 0.05) is 37.2 Å². The lowest BCUT2D eigenvalue weighted by Gasteiger charge is -2.41. The van der Waals surface area contributed by atoms with Crippen molar-refractivity contribution in [1.82, 2.24) is 15.2 Å².